The van der Waals surface area contributed by atoms with Crippen LogP contribution in [0.25, 0.3) is 0 Å². The Bertz CT molecular complexity index is 1190. The molecule has 32 heavy (non-hydrogen) atoms. The minimum atomic E-state index is -4.06. The molecule has 0 amide bonds. The van der Waals surface area contributed by atoms with E-state index in [4.69, 9.17) is 18.9 Å². The lowest BCUT2D eigenvalue weighted by molar-refractivity contribution is 0.0729. The van der Waals surface area contributed by atoms with Gasteiger partial charge in [0.15, 0.2) is 11.5 Å². The Kier molecular flexibility index (Phi) is 7.18. The molecule has 0 radical (unpaired) electrons. The van der Waals surface area contributed by atoms with Crippen molar-refractivity contribution >= 4 is 25.7 Å². The maximum absolute atomic E-state index is 13.1. The van der Waals surface area contributed by atoms with Crippen LogP contribution in [0.5, 0.6) is 17.2 Å². The lowest BCUT2D eigenvalue weighted by Crippen LogP contribution is -2.40. The van der Waals surface area contributed by atoms with Crippen LogP contribution in [0.4, 0.5) is 5.69 Å². The number of benzene rings is 2. The van der Waals surface area contributed by atoms with Gasteiger partial charge in [0, 0.05) is 19.2 Å². The largest absolute Gasteiger partial charge is 0.495 e. The normalized spacial score (nSPS) is 15.2. The first-order chi connectivity index (χ1) is 15.1. The van der Waals surface area contributed by atoms with Gasteiger partial charge in [0.05, 0.1) is 45.1 Å². The van der Waals surface area contributed by atoms with Gasteiger partial charge in [-0.2, -0.15) is 4.31 Å². The standard InChI is InChI=1S/C20H26N2O8S2/c1-14-11-17(28-3)18(29-4)13-19(14)31(23,24)21-15-5-6-16(27-2)20(12-15)32(25,26)22-7-9-30-10-8-22/h5-6,11-13,21H,7-10H2,1-4H3. The molecular formula is C20H26N2O8S2. The topological polar surface area (TPSA) is 120 Å². The molecule has 0 bridgehead atoms. The zero-order valence-electron chi connectivity index (χ0n) is 18.2. The molecule has 2 aromatic rings. The maximum atomic E-state index is 13.1. The Morgan fingerprint density at radius 2 is 1.44 bits per heavy atom. The van der Waals surface area contributed by atoms with E-state index in [1.165, 1.54) is 49.9 Å². The number of sulfonamides is 2. The van der Waals surface area contributed by atoms with Gasteiger partial charge in [-0.3, -0.25) is 4.72 Å². The van der Waals surface area contributed by atoms with Gasteiger partial charge in [-0.1, -0.05) is 0 Å². The van der Waals surface area contributed by atoms with E-state index in [2.05, 4.69) is 4.72 Å². The third kappa shape index (κ3) is 4.77. The van der Waals surface area contributed by atoms with Crippen molar-refractivity contribution in [1.29, 1.82) is 0 Å². The fourth-order valence-electron chi connectivity index (χ4n) is 3.33. The third-order valence-corrected chi connectivity index (χ3v) is 8.42. The van der Waals surface area contributed by atoms with Gasteiger partial charge in [0.1, 0.15) is 10.6 Å². The summed E-state index contributed by atoms with van der Waals surface area (Å²) >= 11 is 0. The molecule has 0 aliphatic carbocycles. The van der Waals surface area contributed by atoms with E-state index in [1.807, 2.05) is 0 Å². The van der Waals surface area contributed by atoms with Crippen LogP contribution < -0.4 is 18.9 Å². The fourth-order valence-corrected chi connectivity index (χ4v) is 6.21. The second-order valence-corrected chi connectivity index (χ2v) is 10.5. The highest BCUT2D eigenvalue weighted by Gasteiger charge is 2.30. The van der Waals surface area contributed by atoms with Crippen LogP contribution in [0.2, 0.25) is 0 Å². The summed E-state index contributed by atoms with van der Waals surface area (Å²) in [6, 6.07) is 7.00. The van der Waals surface area contributed by atoms with Crippen molar-refractivity contribution in [3.63, 3.8) is 0 Å². The van der Waals surface area contributed by atoms with E-state index in [9.17, 15) is 16.8 Å². The minimum Gasteiger partial charge on any atom is -0.495 e. The molecule has 0 unspecified atom stereocenters. The van der Waals surface area contributed by atoms with Gasteiger partial charge in [-0.05, 0) is 36.8 Å². The molecule has 176 valence electrons. The summed E-state index contributed by atoms with van der Waals surface area (Å²) in [7, 11) is -3.77. The molecule has 0 saturated carbocycles. The molecule has 10 nitrogen and oxygen atoms in total. The number of morpholine rings is 1. The molecule has 1 aliphatic rings. The van der Waals surface area contributed by atoms with Crippen LogP contribution in [0.3, 0.4) is 0 Å². The molecule has 1 saturated heterocycles. The van der Waals surface area contributed by atoms with Crippen LogP contribution in [-0.4, -0.2) is 68.8 Å². The highest BCUT2D eigenvalue weighted by Crippen LogP contribution is 2.34. The van der Waals surface area contributed by atoms with Gasteiger partial charge in [0.25, 0.3) is 10.0 Å². The molecule has 1 aliphatic heterocycles. The van der Waals surface area contributed by atoms with Crippen molar-refractivity contribution in [1.82, 2.24) is 4.31 Å². The summed E-state index contributed by atoms with van der Waals surface area (Å²) < 4.78 is 77.1. The van der Waals surface area contributed by atoms with Gasteiger partial charge in [-0.25, -0.2) is 16.8 Å². The summed E-state index contributed by atoms with van der Waals surface area (Å²) in [5.74, 6) is 0.762. The van der Waals surface area contributed by atoms with Crippen molar-refractivity contribution in [2.75, 3.05) is 52.4 Å². The molecule has 1 N–H and O–H groups in total. The monoisotopic (exact) mass is 486 g/mol. The van der Waals surface area contributed by atoms with Crippen molar-refractivity contribution in [3.8, 4) is 17.2 Å². The van der Waals surface area contributed by atoms with E-state index in [0.717, 1.165) is 0 Å². The van der Waals surface area contributed by atoms with E-state index in [1.54, 1.807) is 13.0 Å². The SMILES string of the molecule is COc1cc(C)c(S(=O)(=O)Nc2ccc(OC)c(S(=O)(=O)N3CCOCC3)c2)cc1OC. The average molecular weight is 487 g/mol. The summed E-state index contributed by atoms with van der Waals surface area (Å²) in [6.45, 7) is 2.59. The minimum absolute atomic E-state index is 0.0245. The number of aryl methyl sites for hydroxylation is 1. The molecule has 0 atom stereocenters. The Morgan fingerprint density at radius 3 is 2.03 bits per heavy atom. The Labute approximate surface area is 188 Å². The Balaban J connectivity index is 2.00. The zero-order valence-corrected chi connectivity index (χ0v) is 19.9. The Morgan fingerprint density at radius 1 is 0.844 bits per heavy atom. The lowest BCUT2D eigenvalue weighted by Gasteiger charge is -2.27. The highest BCUT2D eigenvalue weighted by molar-refractivity contribution is 7.92. The smallest absolute Gasteiger partial charge is 0.262 e. The van der Waals surface area contributed by atoms with Crippen LogP contribution in [-0.2, 0) is 24.8 Å². The molecule has 3 rings (SSSR count). The zero-order chi connectivity index (χ0) is 23.5. The van der Waals surface area contributed by atoms with Crippen LogP contribution >= 0.6 is 0 Å². The predicted octanol–water partition coefficient (Wildman–Crippen LogP) is 1.84. The quantitative estimate of drug-likeness (QED) is 0.600. The van der Waals surface area contributed by atoms with Gasteiger partial charge in [-0.15, -0.1) is 0 Å². The summed E-state index contributed by atoms with van der Waals surface area (Å²) in [5, 5.41) is 0. The molecule has 0 aromatic heterocycles. The number of nitrogens with one attached hydrogen (secondary N) is 1. The number of rotatable bonds is 8. The molecule has 2 aromatic carbocycles. The van der Waals surface area contributed by atoms with E-state index in [-0.39, 0.29) is 53.3 Å². The molecular weight excluding hydrogens is 460 g/mol. The average Bonchev–Trinajstić information content (AvgIpc) is 2.78. The molecule has 1 fully saturated rings. The first kappa shape index (κ1) is 24.1. The lowest BCUT2D eigenvalue weighted by atomic mass is 10.2. The van der Waals surface area contributed by atoms with Crippen molar-refractivity contribution in [2.45, 2.75) is 16.7 Å². The van der Waals surface area contributed by atoms with Gasteiger partial charge in [0.2, 0.25) is 10.0 Å². The van der Waals surface area contributed by atoms with Crippen LogP contribution in [0.15, 0.2) is 40.1 Å². The second kappa shape index (κ2) is 9.53. The fraction of sp³-hybridized carbons (Fsp3) is 0.400. The van der Waals surface area contributed by atoms with Crippen LogP contribution in [0.1, 0.15) is 5.56 Å². The third-order valence-electron chi connectivity index (χ3n) is 4.97. The first-order valence-electron chi connectivity index (χ1n) is 9.65. The van der Waals surface area contributed by atoms with Gasteiger partial charge < -0.3 is 18.9 Å². The summed E-state index contributed by atoms with van der Waals surface area (Å²) in [6.07, 6.45) is 0. The second-order valence-electron chi connectivity index (χ2n) is 6.96. The number of methoxy groups -OCH3 is 3. The van der Waals surface area contributed by atoms with Crippen molar-refractivity contribution < 1.29 is 35.8 Å². The van der Waals surface area contributed by atoms with Crippen molar-refractivity contribution in [2.24, 2.45) is 0 Å². The Hall–Kier alpha value is -2.54. The first-order valence-corrected chi connectivity index (χ1v) is 12.6. The molecule has 0 spiro atoms. The number of hydrogen-bond donors (Lipinski definition) is 1. The summed E-state index contributed by atoms with van der Waals surface area (Å²) in [4.78, 5) is -0.158. The van der Waals surface area contributed by atoms with Crippen molar-refractivity contribution in [3.05, 3.63) is 35.9 Å². The molecule has 12 heteroatoms. The summed E-state index contributed by atoms with van der Waals surface area (Å²) in [5.41, 5.74) is 0.511. The maximum Gasteiger partial charge on any atom is 0.262 e. The van der Waals surface area contributed by atoms with E-state index in [0.29, 0.717) is 11.3 Å². The van der Waals surface area contributed by atoms with E-state index >= 15 is 0 Å². The number of hydrogen-bond acceptors (Lipinski definition) is 8. The number of ether oxygens (including phenoxy) is 4. The molecule has 1 heterocycles. The number of nitrogens with zero attached hydrogens (tertiary/aromatic N) is 1. The highest BCUT2D eigenvalue weighted by atomic mass is 32.2. The van der Waals surface area contributed by atoms with Crippen LogP contribution in [0, 0.1) is 6.92 Å². The predicted molar refractivity (Wildman–Crippen MR) is 118 cm³/mol. The number of anilines is 1. The van der Waals surface area contributed by atoms with E-state index < -0.39 is 20.0 Å². The van der Waals surface area contributed by atoms with Gasteiger partial charge >= 0.3 is 0 Å².